The molecule has 0 aliphatic heterocycles. The van der Waals surface area contributed by atoms with E-state index in [0.717, 1.165) is 5.56 Å². The van der Waals surface area contributed by atoms with Gasteiger partial charge in [0.25, 0.3) is 0 Å². The van der Waals surface area contributed by atoms with Crippen LogP contribution in [0.4, 0.5) is 5.82 Å². The van der Waals surface area contributed by atoms with E-state index < -0.39 is 15.6 Å². The number of anilines is 1. The lowest BCUT2D eigenvalue weighted by Gasteiger charge is -2.20. The first-order valence-electron chi connectivity index (χ1n) is 7.14. The summed E-state index contributed by atoms with van der Waals surface area (Å²) in [5.74, 6) is 0.597. The Labute approximate surface area is 142 Å². The molecule has 1 aromatic carbocycles. The molecule has 0 saturated carbocycles. The third kappa shape index (κ3) is 5.49. The van der Waals surface area contributed by atoms with Gasteiger partial charge in [0.1, 0.15) is 10.7 Å². The third-order valence-electron chi connectivity index (χ3n) is 2.85. The van der Waals surface area contributed by atoms with E-state index in [4.69, 9.17) is 11.6 Å². The van der Waals surface area contributed by atoms with Gasteiger partial charge in [-0.05, 0) is 50.6 Å². The van der Waals surface area contributed by atoms with Crippen molar-refractivity contribution in [2.45, 2.75) is 37.8 Å². The van der Waals surface area contributed by atoms with Crippen LogP contribution >= 0.6 is 11.6 Å². The Bertz CT molecular complexity index is 769. The highest BCUT2D eigenvalue weighted by molar-refractivity contribution is 7.89. The van der Waals surface area contributed by atoms with Gasteiger partial charge in [0.05, 0.1) is 0 Å². The second kappa shape index (κ2) is 6.86. The summed E-state index contributed by atoms with van der Waals surface area (Å²) < 4.78 is 27.0. The molecule has 0 spiro atoms. The summed E-state index contributed by atoms with van der Waals surface area (Å²) in [5.41, 5.74) is 0.480. The van der Waals surface area contributed by atoms with Crippen molar-refractivity contribution in [2.24, 2.45) is 0 Å². The Hall–Kier alpha value is -1.63. The highest BCUT2D eigenvalue weighted by atomic mass is 35.5. The number of benzene rings is 1. The molecule has 2 aromatic rings. The molecular weight excluding hydrogens is 334 g/mol. The molecule has 2 N–H and O–H groups in total. The largest absolute Gasteiger partial charge is 0.366 e. The van der Waals surface area contributed by atoms with Crippen molar-refractivity contribution in [1.29, 1.82) is 0 Å². The molecule has 0 saturated heterocycles. The van der Waals surface area contributed by atoms with Crippen molar-refractivity contribution >= 4 is 27.4 Å². The van der Waals surface area contributed by atoms with Crippen molar-refractivity contribution in [3.63, 3.8) is 0 Å². The van der Waals surface area contributed by atoms with Crippen molar-refractivity contribution in [2.75, 3.05) is 5.32 Å². The summed E-state index contributed by atoms with van der Waals surface area (Å²) >= 11 is 5.93. The molecule has 1 aromatic heterocycles. The van der Waals surface area contributed by atoms with Crippen LogP contribution in [-0.4, -0.2) is 18.9 Å². The van der Waals surface area contributed by atoms with Gasteiger partial charge in [0.2, 0.25) is 10.0 Å². The van der Waals surface area contributed by atoms with Crippen LogP contribution in [0.5, 0.6) is 0 Å². The summed E-state index contributed by atoms with van der Waals surface area (Å²) in [6, 6.07) is 10.7. The predicted octanol–water partition coefficient (Wildman–Crippen LogP) is 3.42. The molecule has 0 bridgehead atoms. The zero-order valence-electron chi connectivity index (χ0n) is 13.3. The van der Waals surface area contributed by atoms with Crippen LogP contribution < -0.4 is 10.0 Å². The van der Waals surface area contributed by atoms with E-state index in [9.17, 15) is 8.42 Å². The summed E-state index contributed by atoms with van der Waals surface area (Å²) in [6.07, 6.45) is 1.34. The molecule has 0 radical (unpaired) electrons. The number of hydrogen-bond donors (Lipinski definition) is 2. The number of aromatic nitrogens is 1. The molecule has 0 amide bonds. The Morgan fingerprint density at radius 1 is 1.17 bits per heavy atom. The fraction of sp³-hybridized carbons (Fsp3) is 0.312. The first-order chi connectivity index (χ1) is 10.7. The smallest absolute Gasteiger partial charge is 0.242 e. The standard InChI is InChI=1S/C16H20ClN3O2S/c1-16(2,3)20-23(21,22)14-7-8-15(19-11-14)18-10-12-5-4-6-13(17)9-12/h4-9,11,20H,10H2,1-3H3,(H,18,19). The van der Waals surface area contributed by atoms with Gasteiger partial charge in [0, 0.05) is 23.3 Å². The molecule has 7 heteroatoms. The Morgan fingerprint density at radius 3 is 2.48 bits per heavy atom. The third-order valence-corrected chi connectivity index (χ3v) is 4.83. The second-order valence-corrected chi connectivity index (χ2v) is 8.34. The molecule has 1 heterocycles. The molecule has 5 nitrogen and oxygen atoms in total. The van der Waals surface area contributed by atoms with E-state index in [1.807, 2.05) is 24.3 Å². The normalized spacial score (nSPS) is 12.2. The average molecular weight is 354 g/mol. The summed E-state index contributed by atoms with van der Waals surface area (Å²) in [5, 5.41) is 3.80. The molecule has 0 atom stereocenters. The highest BCUT2D eigenvalue weighted by Crippen LogP contribution is 2.15. The lowest BCUT2D eigenvalue weighted by atomic mass is 10.1. The lowest BCUT2D eigenvalue weighted by Crippen LogP contribution is -2.40. The zero-order chi connectivity index (χ0) is 17.1. The number of sulfonamides is 1. The first kappa shape index (κ1) is 17.7. The van der Waals surface area contributed by atoms with Crippen LogP contribution in [0.15, 0.2) is 47.5 Å². The van der Waals surface area contributed by atoms with Crippen LogP contribution in [-0.2, 0) is 16.6 Å². The van der Waals surface area contributed by atoms with Crippen LogP contribution in [0.3, 0.4) is 0 Å². The SMILES string of the molecule is CC(C)(C)NS(=O)(=O)c1ccc(NCc2cccc(Cl)c2)nc1. The number of hydrogen-bond acceptors (Lipinski definition) is 4. The van der Waals surface area contributed by atoms with Gasteiger partial charge in [0.15, 0.2) is 0 Å². The van der Waals surface area contributed by atoms with Crippen molar-refractivity contribution in [3.05, 3.63) is 53.2 Å². The van der Waals surface area contributed by atoms with Crippen molar-refractivity contribution in [3.8, 4) is 0 Å². The summed E-state index contributed by atoms with van der Waals surface area (Å²) in [7, 11) is -3.57. The Morgan fingerprint density at radius 2 is 1.91 bits per heavy atom. The van der Waals surface area contributed by atoms with Gasteiger partial charge in [-0.1, -0.05) is 23.7 Å². The Kier molecular flexibility index (Phi) is 5.29. The van der Waals surface area contributed by atoms with Crippen LogP contribution in [0.25, 0.3) is 0 Å². The predicted molar refractivity (Wildman–Crippen MR) is 93.1 cm³/mol. The Balaban J connectivity index is 2.05. The second-order valence-electron chi connectivity index (χ2n) is 6.22. The molecule has 2 rings (SSSR count). The lowest BCUT2D eigenvalue weighted by molar-refractivity contribution is 0.491. The highest BCUT2D eigenvalue weighted by Gasteiger charge is 2.22. The summed E-state index contributed by atoms with van der Waals surface area (Å²) in [6.45, 7) is 5.93. The van der Waals surface area contributed by atoms with Gasteiger partial charge in [-0.25, -0.2) is 18.1 Å². The molecular formula is C16H20ClN3O2S. The van der Waals surface area contributed by atoms with Gasteiger partial charge < -0.3 is 5.32 Å². The molecule has 0 aliphatic rings. The van der Waals surface area contributed by atoms with Crippen LogP contribution in [0, 0.1) is 0 Å². The van der Waals surface area contributed by atoms with E-state index in [1.54, 1.807) is 26.8 Å². The first-order valence-corrected chi connectivity index (χ1v) is 9.00. The van der Waals surface area contributed by atoms with E-state index in [2.05, 4.69) is 15.0 Å². The van der Waals surface area contributed by atoms with Crippen LogP contribution in [0.1, 0.15) is 26.3 Å². The maximum Gasteiger partial charge on any atom is 0.242 e. The minimum Gasteiger partial charge on any atom is -0.366 e. The monoisotopic (exact) mass is 353 g/mol. The van der Waals surface area contributed by atoms with Gasteiger partial charge in [-0.15, -0.1) is 0 Å². The molecule has 0 fully saturated rings. The fourth-order valence-corrected chi connectivity index (χ4v) is 3.52. The molecule has 124 valence electrons. The molecule has 23 heavy (non-hydrogen) atoms. The molecule has 0 unspecified atom stereocenters. The van der Waals surface area contributed by atoms with E-state index in [1.165, 1.54) is 12.3 Å². The maximum atomic E-state index is 12.2. The van der Waals surface area contributed by atoms with E-state index in [-0.39, 0.29) is 4.90 Å². The van der Waals surface area contributed by atoms with Gasteiger partial charge in [-0.3, -0.25) is 0 Å². The minimum atomic E-state index is -3.57. The number of pyridine rings is 1. The summed E-state index contributed by atoms with van der Waals surface area (Å²) in [4.78, 5) is 4.29. The topological polar surface area (TPSA) is 71.1 Å². The fourth-order valence-electron chi connectivity index (χ4n) is 1.95. The van der Waals surface area contributed by atoms with Gasteiger partial charge >= 0.3 is 0 Å². The number of nitrogens with one attached hydrogen (secondary N) is 2. The van der Waals surface area contributed by atoms with Crippen LogP contribution in [0.2, 0.25) is 5.02 Å². The number of nitrogens with zero attached hydrogens (tertiary/aromatic N) is 1. The zero-order valence-corrected chi connectivity index (χ0v) is 14.9. The van der Waals surface area contributed by atoms with Crippen molar-refractivity contribution in [1.82, 2.24) is 9.71 Å². The average Bonchev–Trinajstić information content (AvgIpc) is 2.43. The minimum absolute atomic E-state index is 0.140. The molecule has 0 aliphatic carbocycles. The maximum absolute atomic E-state index is 12.2. The number of halogens is 1. The van der Waals surface area contributed by atoms with Crippen molar-refractivity contribution < 1.29 is 8.42 Å². The number of rotatable bonds is 5. The quantitative estimate of drug-likeness (QED) is 0.864. The van der Waals surface area contributed by atoms with Gasteiger partial charge in [-0.2, -0.15) is 0 Å². The van der Waals surface area contributed by atoms with E-state index >= 15 is 0 Å². The van der Waals surface area contributed by atoms with E-state index in [0.29, 0.717) is 17.4 Å².